The first-order valence-corrected chi connectivity index (χ1v) is 5.67. The van der Waals surface area contributed by atoms with E-state index in [2.05, 4.69) is 4.90 Å². The van der Waals surface area contributed by atoms with E-state index in [4.69, 9.17) is 5.73 Å². The number of rotatable bonds is 2. The van der Waals surface area contributed by atoms with Gasteiger partial charge in [0, 0.05) is 30.3 Å². The maximum Gasteiger partial charge on any atom is 0.124 e. The number of hydrogen-bond donors (Lipinski definition) is 1. The number of anilines is 1. The topological polar surface area (TPSA) is 29.3 Å². The van der Waals surface area contributed by atoms with Crippen molar-refractivity contribution in [2.45, 2.75) is 4.90 Å². The van der Waals surface area contributed by atoms with E-state index in [9.17, 15) is 4.39 Å². The van der Waals surface area contributed by atoms with Gasteiger partial charge in [0.05, 0.1) is 5.69 Å². The summed E-state index contributed by atoms with van der Waals surface area (Å²) in [6.45, 7) is 2.49. The van der Waals surface area contributed by atoms with Crippen LogP contribution in [0.5, 0.6) is 0 Å². The number of halogens is 1. The molecule has 0 saturated heterocycles. The highest BCUT2D eigenvalue weighted by Crippen LogP contribution is 2.34. The predicted octanol–water partition coefficient (Wildman–Crippen LogP) is 1.70. The molecule has 0 saturated carbocycles. The second kappa shape index (κ2) is 4.19. The lowest BCUT2D eigenvalue weighted by Crippen LogP contribution is -2.33. The lowest BCUT2D eigenvalue weighted by molar-refractivity contribution is 0.623. The van der Waals surface area contributed by atoms with E-state index in [1.807, 2.05) is 6.07 Å². The molecule has 4 heteroatoms. The Morgan fingerprint density at radius 2 is 2.36 bits per heavy atom. The third-order valence-electron chi connectivity index (χ3n) is 2.28. The largest absolute Gasteiger partial charge is 0.369 e. The van der Waals surface area contributed by atoms with Crippen LogP contribution in [0, 0.1) is 5.82 Å². The smallest absolute Gasteiger partial charge is 0.124 e. The maximum absolute atomic E-state index is 13.0. The van der Waals surface area contributed by atoms with Crippen molar-refractivity contribution in [2.75, 3.05) is 30.3 Å². The molecule has 2 rings (SSSR count). The third kappa shape index (κ3) is 1.86. The van der Waals surface area contributed by atoms with Gasteiger partial charge in [-0.15, -0.1) is 11.8 Å². The average Bonchev–Trinajstić information content (AvgIpc) is 2.18. The van der Waals surface area contributed by atoms with Gasteiger partial charge in [-0.1, -0.05) is 0 Å². The van der Waals surface area contributed by atoms with Gasteiger partial charge in [0.1, 0.15) is 5.82 Å². The van der Waals surface area contributed by atoms with Crippen molar-refractivity contribution in [3.8, 4) is 0 Å². The van der Waals surface area contributed by atoms with Crippen LogP contribution in [0.4, 0.5) is 10.1 Å². The van der Waals surface area contributed by atoms with Crippen molar-refractivity contribution in [1.82, 2.24) is 0 Å². The average molecular weight is 212 g/mol. The summed E-state index contributed by atoms with van der Waals surface area (Å²) in [6, 6.07) is 4.95. The minimum atomic E-state index is -0.161. The quantitative estimate of drug-likeness (QED) is 0.809. The fourth-order valence-corrected chi connectivity index (χ4v) is 2.71. The molecule has 0 fully saturated rings. The predicted molar refractivity (Wildman–Crippen MR) is 58.4 cm³/mol. The molecule has 1 heterocycles. The van der Waals surface area contributed by atoms with Gasteiger partial charge in [0.2, 0.25) is 0 Å². The van der Waals surface area contributed by atoms with Crippen LogP contribution >= 0.6 is 11.8 Å². The molecule has 2 N–H and O–H groups in total. The Morgan fingerprint density at radius 3 is 3.14 bits per heavy atom. The molecule has 1 aromatic carbocycles. The molecule has 0 bridgehead atoms. The van der Waals surface area contributed by atoms with Crippen molar-refractivity contribution in [3.05, 3.63) is 24.0 Å². The third-order valence-corrected chi connectivity index (χ3v) is 3.31. The van der Waals surface area contributed by atoms with E-state index in [0.717, 1.165) is 29.4 Å². The molecule has 0 unspecified atom stereocenters. The Hall–Kier alpha value is -0.740. The summed E-state index contributed by atoms with van der Waals surface area (Å²) in [5.74, 6) is 0.849. The van der Waals surface area contributed by atoms with E-state index < -0.39 is 0 Å². The lowest BCUT2D eigenvalue weighted by Gasteiger charge is -2.30. The van der Waals surface area contributed by atoms with Gasteiger partial charge < -0.3 is 10.6 Å². The summed E-state index contributed by atoms with van der Waals surface area (Å²) in [5, 5.41) is 0. The first kappa shape index (κ1) is 9.80. The highest BCUT2D eigenvalue weighted by Gasteiger charge is 2.16. The molecule has 0 spiro atoms. The van der Waals surface area contributed by atoms with E-state index in [0.29, 0.717) is 6.54 Å². The van der Waals surface area contributed by atoms with Gasteiger partial charge in [-0.25, -0.2) is 4.39 Å². The van der Waals surface area contributed by atoms with Gasteiger partial charge in [-0.05, 0) is 18.2 Å². The SMILES string of the molecule is NCCN1CCSc2cc(F)ccc21. The number of hydrogen-bond acceptors (Lipinski definition) is 3. The van der Waals surface area contributed by atoms with Crippen LogP contribution in [0.1, 0.15) is 0 Å². The Balaban J connectivity index is 2.30. The van der Waals surface area contributed by atoms with E-state index in [1.165, 1.54) is 6.07 Å². The summed E-state index contributed by atoms with van der Waals surface area (Å²) in [7, 11) is 0. The normalized spacial score (nSPS) is 15.4. The molecular weight excluding hydrogens is 199 g/mol. The molecule has 1 aromatic rings. The minimum Gasteiger partial charge on any atom is -0.369 e. The first-order valence-electron chi connectivity index (χ1n) is 4.68. The van der Waals surface area contributed by atoms with Crippen LogP contribution < -0.4 is 10.6 Å². The first-order chi connectivity index (χ1) is 6.81. The standard InChI is InChI=1S/C10H13FN2S/c11-8-1-2-9-10(7-8)14-6-5-13(9)4-3-12/h1-2,7H,3-6,12H2. The fraction of sp³-hybridized carbons (Fsp3) is 0.400. The van der Waals surface area contributed by atoms with Crippen molar-refractivity contribution in [1.29, 1.82) is 0 Å². The molecule has 0 aromatic heterocycles. The van der Waals surface area contributed by atoms with Crippen LogP contribution in [0.25, 0.3) is 0 Å². The summed E-state index contributed by atoms with van der Waals surface area (Å²) >= 11 is 1.71. The molecule has 0 atom stereocenters. The van der Waals surface area contributed by atoms with E-state index in [1.54, 1.807) is 17.8 Å². The highest BCUT2D eigenvalue weighted by atomic mass is 32.2. The van der Waals surface area contributed by atoms with Gasteiger partial charge in [-0.3, -0.25) is 0 Å². The molecule has 1 aliphatic rings. The molecule has 2 nitrogen and oxygen atoms in total. The van der Waals surface area contributed by atoms with Crippen LogP contribution in [0.3, 0.4) is 0 Å². The fourth-order valence-electron chi connectivity index (χ4n) is 1.64. The summed E-state index contributed by atoms with van der Waals surface area (Å²) < 4.78 is 13.0. The highest BCUT2D eigenvalue weighted by molar-refractivity contribution is 7.99. The Morgan fingerprint density at radius 1 is 1.50 bits per heavy atom. The number of thioether (sulfide) groups is 1. The minimum absolute atomic E-state index is 0.161. The van der Waals surface area contributed by atoms with Crippen molar-refractivity contribution < 1.29 is 4.39 Å². The second-order valence-electron chi connectivity index (χ2n) is 3.24. The Labute approximate surface area is 87.3 Å². The van der Waals surface area contributed by atoms with E-state index >= 15 is 0 Å². The zero-order valence-corrected chi connectivity index (χ0v) is 8.69. The molecule has 14 heavy (non-hydrogen) atoms. The molecule has 76 valence electrons. The Bertz CT molecular complexity index is 330. The number of nitrogens with zero attached hydrogens (tertiary/aromatic N) is 1. The molecule has 0 radical (unpaired) electrons. The van der Waals surface area contributed by atoms with Gasteiger partial charge in [-0.2, -0.15) is 0 Å². The maximum atomic E-state index is 13.0. The van der Waals surface area contributed by atoms with Gasteiger partial charge in [0.25, 0.3) is 0 Å². The van der Waals surface area contributed by atoms with Crippen LogP contribution in [0.15, 0.2) is 23.1 Å². The van der Waals surface area contributed by atoms with Crippen LogP contribution in [-0.2, 0) is 0 Å². The van der Waals surface area contributed by atoms with E-state index in [-0.39, 0.29) is 5.82 Å². The lowest BCUT2D eigenvalue weighted by atomic mass is 10.2. The summed E-state index contributed by atoms with van der Waals surface area (Å²) in [4.78, 5) is 3.25. The molecule has 1 aliphatic heterocycles. The van der Waals surface area contributed by atoms with Gasteiger partial charge in [0.15, 0.2) is 0 Å². The van der Waals surface area contributed by atoms with Crippen molar-refractivity contribution in [2.24, 2.45) is 5.73 Å². The Kier molecular flexibility index (Phi) is 2.93. The second-order valence-corrected chi connectivity index (χ2v) is 4.37. The summed E-state index contributed by atoms with van der Waals surface area (Å²) in [5.41, 5.74) is 6.64. The van der Waals surface area contributed by atoms with Gasteiger partial charge >= 0.3 is 0 Å². The van der Waals surface area contributed by atoms with Crippen LogP contribution in [0.2, 0.25) is 0 Å². The molecule has 0 aliphatic carbocycles. The molecular formula is C10H13FN2S. The zero-order valence-electron chi connectivity index (χ0n) is 7.87. The van der Waals surface area contributed by atoms with Crippen molar-refractivity contribution >= 4 is 17.4 Å². The van der Waals surface area contributed by atoms with Crippen LogP contribution in [-0.4, -0.2) is 25.4 Å². The zero-order chi connectivity index (χ0) is 9.97. The number of fused-ring (bicyclic) bond motifs is 1. The number of benzene rings is 1. The van der Waals surface area contributed by atoms with Crippen molar-refractivity contribution in [3.63, 3.8) is 0 Å². The number of nitrogens with two attached hydrogens (primary N) is 1. The molecule has 0 amide bonds. The summed E-state index contributed by atoms with van der Waals surface area (Å²) in [6.07, 6.45) is 0. The monoisotopic (exact) mass is 212 g/mol.